The van der Waals surface area contributed by atoms with E-state index in [4.69, 9.17) is 5.26 Å². The molecule has 0 radical (unpaired) electrons. The minimum Gasteiger partial charge on any atom is -0.302 e. The van der Waals surface area contributed by atoms with E-state index < -0.39 is 5.92 Å². The zero-order valence-corrected chi connectivity index (χ0v) is 6.82. The number of benzene rings is 1. The van der Waals surface area contributed by atoms with Crippen LogP contribution in [-0.2, 0) is 4.79 Å². The Morgan fingerprint density at radius 1 is 1.42 bits per heavy atom. The predicted octanol–water partition coefficient (Wildman–Crippen LogP) is 1.80. The number of carbonyl (C=O) groups excluding carboxylic acids is 1. The van der Waals surface area contributed by atoms with Crippen LogP contribution in [0.1, 0.15) is 17.0 Å². The second kappa shape index (κ2) is 3.68. The highest BCUT2D eigenvalue weighted by molar-refractivity contribution is 5.66. The molecule has 2 nitrogen and oxygen atoms in total. The van der Waals surface area contributed by atoms with Gasteiger partial charge >= 0.3 is 0 Å². The first-order valence-electron chi connectivity index (χ1n) is 3.69. The van der Waals surface area contributed by atoms with Crippen molar-refractivity contribution in [3.8, 4) is 6.07 Å². The molecule has 0 aromatic heterocycles. The van der Waals surface area contributed by atoms with Crippen LogP contribution in [0.3, 0.4) is 0 Å². The van der Waals surface area contributed by atoms with Crippen LogP contribution >= 0.6 is 0 Å². The summed E-state index contributed by atoms with van der Waals surface area (Å²) in [7, 11) is 0. The van der Waals surface area contributed by atoms with Crippen LogP contribution in [0, 0.1) is 18.3 Å². The van der Waals surface area contributed by atoms with E-state index in [9.17, 15) is 4.79 Å². The Hall–Kier alpha value is -1.62. The average Bonchev–Trinajstić information content (AvgIpc) is 2.10. The Morgan fingerprint density at radius 2 is 2.00 bits per heavy atom. The van der Waals surface area contributed by atoms with Crippen molar-refractivity contribution in [2.24, 2.45) is 0 Å². The van der Waals surface area contributed by atoms with Gasteiger partial charge in [-0.15, -0.1) is 0 Å². The number of aryl methyl sites for hydroxylation is 1. The third kappa shape index (κ3) is 1.70. The number of carbonyl (C=O) groups is 1. The third-order valence-corrected chi connectivity index (χ3v) is 1.71. The lowest BCUT2D eigenvalue weighted by Crippen LogP contribution is -1.95. The molecule has 12 heavy (non-hydrogen) atoms. The summed E-state index contributed by atoms with van der Waals surface area (Å²) in [5, 5.41) is 8.57. The number of nitriles is 1. The van der Waals surface area contributed by atoms with Crippen molar-refractivity contribution < 1.29 is 4.79 Å². The van der Waals surface area contributed by atoms with Crippen LogP contribution in [0.2, 0.25) is 0 Å². The van der Waals surface area contributed by atoms with E-state index in [1.54, 1.807) is 12.1 Å². The van der Waals surface area contributed by atoms with Crippen LogP contribution in [0.5, 0.6) is 0 Å². The van der Waals surface area contributed by atoms with Gasteiger partial charge in [0, 0.05) is 0 Å². The van der Waals surface area contributed by atoms with Gasteiger partial charge in [-0.25, -0.2) is 0 Å². The molecule has 0 unspecified atom stereocenters. The normalized spacial score (nSPS) is 11.7. The number of aldehydes is 1. The maximum atomic E-state index is 10.4. The molecule has 1 rings (SSSR count). The van der Waals surface area contributed by atoms with E-state index in [1.807, 2.05) is 25.1 Å². The molecule has 60 valence electrons. The molecule has 0 saturated carbocycles. The minimum atomic E-state index is -0.620. The molecule has 0 bridgehead atoms. The second-order valence-corrected chi connectivity index (χ2v) is 2.65. The van der Waals surface area contributed by atoms with E-state index in [2.05, 4.69) is 0 Å². The Balaban J connectivity index is 2.97. The molecule has 0 aliphatic carbocycles. The van der Waals surface area contributed by atoms with Crippen molar-refractivity contribution in [3.05, 3.63) is 35.4 Å². The van der Waals surface area contributed by atoms with Crippen LogP contribution in [0.25, 0.3) is 0 Å². The van der Waals surface area contributed by atoms with Crippen molar-refractivity contribution in [1.82, 2.24) is 0 Å². The molecule has 1 atom stereocenters. The molecule has 0 aliphatic heterocycles. The zero-order chi connectivity index (χ0) is 8.97. The van der Waals surface area contributed by atoms with Gasteiger partial charge in [-0.3, -0.25) is 0 Å². The van der Waals surface area contributed by atoms with Crippen LogP contribution in [0.15, 0.2) is 24.3 Å². The van der Waals surface area contributed by atoms with Crippen molar-refractivity contribution in [3.63, 3.8) is 0 Å². The Labute approximate surface area is 71.4 Å². The van der Waals surface area contributed by atoms with Gasteiger partial charge in [0.25, 0.3) is 0 Å². The van der Waals surface area contributed by atoms with Gasteiger partial charge in [-0.05, 0) is 12.5 Å². The molecule has 1 aromatic rings. The molecule has 0 saturated heterocycles. The van der Waals surface area contributed by atoms with Crippen molar-refractivity contribution in [2.75, 3.05) is 0 Å². The maximum Gasteiger partial charge on any atom is 0.141 e. The highest BCUT2D eigenvalue weighted by atomic mass is 16.1. The summed E-state index contributed by atoms with van der Waals surface area (Å²) in [5.41, 5.74) is 1.89. The van der Waals surface area contributed by atoms with E-state index in [-0.39, 0.29) is 0 Å². The molecule has 0 spiro atoms. The van der Waals surface area contributed by atoms with Gasteiger partial charge in [0.05, 0.1) is 6.07 Å². The molecule has 2 heteroatoms. The van der Waals surface area contributed by atoms with Gasteiger partial charge in [0.2, 0.25) is 0 Å². The highest BCUT2D eigenvalue weighted by Crippen LogP contribution is 2.12. The molecule has 0 N–H and O–H groups in total. The maximum absolute atomic E-state index is 10.4. The summed E-state index contributed by atoms with van der Waals surface area (Å²) >= 11 is 0. The van der Waals surface area contributed by atoms with E-state index >= 15 is 0 Å². The van der Waals surface area contributed by atoms with Gasteiger partial charge in [0.1, 0.15) is 12.2 Å². The highest BCUT2D eigenvalue weighted by Gasteiger charge is 2.06. The fraction of sp³-hybridized carbons (Fsp3) is 0.200. The van der Waals surface area contributed by atoms with E-state index in [1.165, 1.54) is 0 Å². The first kappa shape index (κ1) is 8.48. The quantitative estimate of drug-likeness (QED) is 0.617. The summed E-state index contributed by atoms with van der Waals surface area (Å²) in [6.07, 6.45) is 0.657. The number of rotatable bonds is 2. The lowest BCUT2D eigenvalue weighted by atomic mass is 10.0. The molecular weight excluding hydrogens is 150 g/mol. The molecule has 1 aromatic carbocycles. The first-order chi connectivity index (χ1) is 5.77. The number of hydrogen-bond donors (Lipinski definition) is 0. The third-order valence-electron chi connectivity index (χ3n) is 1.71. The topological polar surface area (TPSA) is 40.9 Å². The van der Waals surface area contributed by atoms with Crippen molar-refractivity contribution in [2.45, 2.75) is 12.8 Å². The van der Waals surface area contributed by atoms with Crippen LogP contribution in [0.4, 0.5) is 0 Å². The smallest absolute Gasteiger partial charge is 0.141 e. The second-order valence-electron chi connectivity index (χ2n) is 2.65. The average molecular weight is 159 g/mol. The fourth-order valence-electron chi connectivity index (χ4n) is 0.957. The largest absolute Gasteiger partial charge is 0.302 e. The van der Waals surface area contributed by atoms with Crippen molar-refractivity contribution >= 4 is 6.29 Å². The molecule has 0 fully saturated rings. The fourth-order valence-corrected chi connectivity index (χ4v) is 0.957. The van der Waals surface area contributed by atoms with Gasteiger partial charge in [-0.2, -0.15) is 5.26 Å². The lowest BCUT2D eigenvalue weighted by molar-refractivity contribution is -0.108. The summed E-state index contributed by atoms with van der Waals surface area (Å²) < 4.78 is 0. The molecular formula is C10H9NO. The SMILES string of the molecule is Cc1ccc([C@H](C#N)C=O)cc1. The van der Waals surface area contributed by atoms with E-state index in [0.29, 0.717) is 6.29 Å². The standard InChI is InChI=1S/C10H9NO/c1-8-2-4-9(5-3-8)10(6-11)7-12/h2-5,7,10H,1H3/t10-/m1/s1. The monoisotopic (exact) mass is 159 g/mol. The molecule has 0 aliphatic rings. The zero-order valence-electron chi connectivity index (χ0n) is 6.82. The minimum absolute atomic E-state index is 0.620. The van der Waals surface area contributed by atoms with Crippen LogP contribution in [-0.4, -0.2) is 6.29 Å². The molecule has 0 heterocycles. The van der Waals surface area contributed by atoms with Crippen molar-refractivity contribution in [1.29, 1.82) is 5.26 Å². The van der Waals surface area contributed by atoms with E-state index in [0.717, 1.165) is 11.1 Å². The lowest BCUT2D eigenvalue weighted by Gasteiger charge is -2.00. The Kier molecular flexibility index (Phi) is 2.60. The number of nitrogens with zero attached hydrogens (tertiary/aromatic N) is 1. The summed E-state index contributed by atoms with van der Waals surface area (Å²) in [5.74, 6) is -0.620. The predicted molar refractivity (Wildman–Crippen MR) is 45.6 cm³/mol. The summed E-state index contributed by atoms with van der Waals surface area (Å²) in [6, 6.07) is 9.31. The van der Waals surface area contributed by atoms with Crippen LogP contribution < -0.4 is 0 Å². The Bertz CT molecular complexity index is 308. The van der Waals surface area contributed by atoms with Gasteiger partial charge in [0.15, 0.2) is 0 Å². The number of hydrogen-bond acceptors (Lipinski definition) is 2. The van der Waals surface area contributed by atoms with Gasteiger partial charge in [-0.1, -0.05) is 29.8 Å². The first-order valence-corrected chi connectivity index (χ1v) is 3.69. The Morgan fingerprint density at radius 3 is 2.42 bits per heavy atom. The molecule has 0 amide bonds. The van der Waals surface area contributed by atoms with Gasteiger partial charge < -0.3 is 4.79 Å². The summed E-state index contributed by atoms with van der Waals surface area (Å²) in [4.78, 5) is 10.4. The summed E-state index contributed by atoms with van der Waals surface area (Å²) in [6.45, 7) is 1.96.